The molecule has 630 valence electrons. The summed E-state index contributed by atoms with van der Waals surface area (Å²) in [6.07, 6.45) is 76.4. The number of hydrogen-bond acceptors (Lipinski definition) is 15. The Balaban J connectivity index is 5.23. The van der Waals surface area contributed by atoms with Gasteiger partial charge in [-0.25, -0.2) is 9.13 Å². The minimum Gasteiger partial charge on any atom is -0.462 e. The molecule has 19 heteroatoms. The van der Waals surface area contributed by atoms with E-state index in [-0.39, 0.29) is 25.7 Å². The summed E-state index contributed by atoms with van der Waals surface area (Å²) in [5.41, 5.74) is 0. The molecule has 17 nitrogen and oxygen atoms in total. The topological polar surface area (TPSA) is 237 Å². The Kier molecular flexibility index (Phi) is 79.6. The Morgan fingerprint density at radius 2 is 0.377 bits per heavy atom. The fourth-order valence-electron chi connectivity index (χ4n) is 13.7. The van der Waals surface area contributed by atoms with Gasteiger partial charge in [0.1, 0.15) is 19.3 Å². The first-order valence-electron chi connectivity index (χ1n) is 45.3. The molecule has 0 rings (SSSR count). The lowest BCUT2D eigenvalue weighted by Crippen LogP contribution is -2.30. The molecule has 0 radical (unpaired) electrons. The number of ether oxygens (including phenoxy) is 4. The number of carbonyl (C=O) groups excluding carboxylic acids is 4. The minimum absolute atomic E-state index is 0.109. The maximum Gasteiger partial charge on any atom is 0.472 e. The van der Waals surface area contributed by atoms with Crippen molar-refractivity contribution in [3.63, 3.8) is 0 Å². The van der Waals surface area contributed by atoms with Gasteiger partial charge >= 0.3 is 39.5 Å². The van der Waals surface area contributed by atoms with E-state index in [1.807, 2.05) is 0 Å². The summed E-state index contributed by atoms with van der Waals surface area (Å²) >= 11 is 0. The highest BCUT2D eigenvalue weighted by molar-refractivity contribution is 7.47. The summed E-state index contributed by atoms with van der Waals surface area (Å²) in [5, 5.41) is 10.7. The predicted octanol–water partition coefficient (Wildman–Crippen LogP) is 26.9. The Hall–Kier alpha value is -1.94. The van der Waals surface area contributed by atoms with E-state index in [0.29, 0.717) is 25.7 Å². The van der Waals surface area contributed by atoms with E-state index in [1.54, 1.807) is 0 Å². The van der Waals surface area contributed by atoms with Crippen LogP contribution in [-0.2, 0) is 65.4 Å². The number of unbranched alkanes of at least 4 members (excludes halogenated alkanes) is 62. The third-order valence-electron chi connectivity index (χ3n) is 20.6. The standard InChI is InChI=1S/C87H170O17P2/c1-5-9-13-17-21-25-29-32-35-38-40-41-42-44-47-50-54-58-62-66-70-74-87(92)104-83(78-98-85(90)72-68-64-60-56-52-48-46-43-39-36-33-30-26-22-18-14-10-6-2)80-102-106(95,96)100-76-81(88)75-99-105(93,94)101-79-82(77-97-84(89)71-67-63-59-55-51-28-24-20-16-12-8-4)103-86(91)73-69-65-61-57-53-49-45-37-34-31-27-23-19-15-11-7-3/h81-83,88H,5-80H2,1-4H3,(H,93,94)(H,95,96)/t81-,82+,83+/m0/s1. The van der Waals surface area contributed by atoms with E-state index in [1.165, 1.54) is 308 Å². The van der Waals surface area contributed by atoms with Gasteiger partial charge in [-0.05, 0) is 25.7 Å². The average Bonchev–Trinajstić information content (AvgIpc) is 0.900. The first kappa shape index (κ1) is 104. The molecule has 0 spiro atoms. The monoisotopic (exact) mass is 1550 g/mol. The second-order valence-electron chi connectivity index (χ2n) is 31.3. The fourth-order valence-corrected chi connectivity index (χ4v) is 15.3. The lowest BCUT2D eigenvalue weighted by atomic mass is 10.0. The van der Waals surface area contributed by atoms with Crippen molar-refractivity contribution in [1.82, 2.24) is 0 Å². The van der Waals surface area contributed by atoms with Gasteiger partial charge in [-0.15, -0.1) is 0 Å². The number of phosphoric acid groups is 2. The number of carbonyl (C=O) groups is 4. The first-order valence-corrected chi connectivity index (χ1v) is 48.3. The van der Waals surface area contributed by atoms with Crippen molar-refractivity contribution in [2.45, 2.75) is 495 Å². The van der Waals surface area contributed by atoms with E-state index in [9.17, 15) is 43.2 Å². The highest BCUT2D eigenvalue weighted by atomic mass is 31.2. The molecule has 0 aliphatic heterocycles. The predicted molar refractivity (Wildman–Crippen MR) is 437 cm³/mol. The van der Waals surface area contributed by atoms with Crippen molar-refractivity contribution in [3.05, 3.63) is 0 Å². The van der Waals surface area contributed by atoms with Crippen molar-refractivity contribution in [1.29, 1.82) is 0 Å². The highest BCUT2D eigenvalue weighted by Crippen LogP contribution is 2.45. The molecule has 106 heavy (non-hydrogen) atoms. The molecule has 3 N–H and O–H groups in total. The molecule has 0 saturated carbocycles. The van der Waals surface area contributed by atoms with Crippen LogP contribution in [0.4, 0.5) is 0 Å². The van der Waals surface area contributed by atoms with Crippen LogP contribution in [-0.4, -0.2) is 96.7 Å². The number of rotatable bonds is 88. The molecule has 0 fully saturated rings. The maximum absolute atomic E-state index is 13.2. The van der Waals surface area contributed by atoms with Crippen LogP contribution in [0.5, 0.6) is 0 Å². The van der Waals surface area contributed by atoms with Crippen molar-refractivity contribution >= 4 is 39.5 Å². The third-order valence-corrected chi connectivity index (χ3v) is 22.5. The van der Waals surface area contributed by atoms with Gasteiger partial charge < -0.3 is 33.8 Å². The van der Waals surface area contributed by atoms with E-state index < -0.39 is 97.5 Å². The molecule has 0 aromatic rings. The zero-order valence-corrected chi connectivity index (χ0v) is 71.2. The van der Waals surface area contributed by atoms with Crippen molar-refractivity contribution in [3.8, 4) is 0 Å². The summed E-state index contributed by atoms with van der Waals surface area (Å²) in [6.45, 7) is 5.07. The molecule has 0 aromatic heterocycles. The molecule has 0 saturated heterocycles. The molecular weight excluding hydrogens is 1380 g/mol. The molecule has 0 heterocycles. The van der Waals surface area contributed by atoms with Gasteiger partial charge in [0.15, 0.2) is 12.2 Å². The van der Waals surface area contributed by atoms with Gasteiger partial charge in [-0.1, -0.05) is 426 Å². The Morgan fingerprint density at radius 3 is 0.557 bits per heavy atom. The van der Waals surface area contributed by atoms with Crippen LogP contribution >= 0.6 is 15.6 Å². The van der Waals surface area contributed by atoms with Gasteiger partial charge in [0.05, 0.1) is 26.4 Å². The summed E-state index contributed by atoms with van der Waals surface area (Å²) in [4.78, 5) is 73.3. The summed E-state index contributed by atoms with van der Waals surface area (Å²) in [5.74, 6) is -2.10. The van der Waals surface area contributed by atoms with Gasteiger partial charge in [0.25, 0.3) is 0 Å². The zero-order valence-electron chi connectivity index (χ0n) is 69.4. The van der Waals surface area contributed by atoms with E-state index in [2.05, 4.69) is 27.7 Å². The van der Waals surface area contributed by atoms with E-state index in [0.717, 1.165) is 89.9 Å². The molecule has 2 unspecified atom stereocenters. The molecule has 0 aromatic carbocycles. The molecule has 5 atom stereocenters. The van der Waals surface area contributed by atoms with Crippen LogP contribution in [0.3, 0.4) is 0 Å². The fraction of sp³-hybridized carbons (Fsp3) is 0.954. The number of aliphatic hydroxyl groups excluding tert-OH is 1. The minimum atomic E-state index is -4.97. The lowest BCUT2D eigenvalue weighted by Gasteiger charge is -2.21. The van der Waals surface area contributed by atoms with E-state index in [4.69, 9.17) is 37.0 Å². The Morgan fingerprint density at radius 1 is 0.226 bits per heavy atom. The third kappa shape index (κ3) is 80.1. The second-order valence-corrected chi connectivity index (χ2v) is 34.2. The van der Waals surface area contributed by atoms with E-state index >= 15 is 0 Å². The van der Waals surface area contributed by atoms with Gasteiger partial charge in [-0.3, -0.25) is 37.3 Å². The normalized spacial score (nSPS) is 13.7. The van der Waals surface area contributed by atoms with Gasteiger partial charge in [0, 0.05) is 25.7 Å². The van der Waals surface area contributed by atoms with Crippen molar-refractivity contribution in [2.24, 2.45) is 0 Å². The maximum atomic E-state index is 13.2. The Bertz CT molecular complexity index is 2000. The smallest absolute Gasteiger partial charge is 0.462 e. The summed E-state index contributed by atoms with van der Waals surface area (Å²) in [6, 6.07) is 0. The van der Waals surface area contributed by atoms with Crippen LogP contribution in [0, 0.1) is 0 Å². The first-order chi connectivity index (χ1) is 51.7. The van der Waals surface area contributed by atoms with Crippen molar-refractivity contribution < 1.29 is 80.2 Å². The molecular formula is C87H170O17P2. The summed E-state index contributed by atoms with van der Waals surface area (Å²) < 4.78 is 68.9. The van der Waals surface area contributed by atoms with Crippen molar-refractivity contribution in [2.75, 3.05) is 39.6 Å². The van der Waals surface area contributed by atoms with Crippen LogP contribution < -0.4 is 0 Å². The van der Waals surface area contributed by atoms with Crippen LogP contribution in [0.1, 0.15) is 477 Å². The number of hydrogen-bond donors (Lipinski definition) is 3. The molecule has 0 bridgehead atoms. The zero-order chi connectivity index (χ0) is 77.4. The van der Waals surface area contributed by atoms with Crippen LogP contribution in [0.25, 0.3) is 0 Å². The number of phosphoric ester groups is 2. The van der Waals surface area contributed by atoms with Gasteiger partial charge in [0.2, 0.25) is 0 Å². The highest BCUT2D eigenvalue weighted by Gasteiger charge is 2.30. The molecule has 0 amide bonds. The van der Waals surface area contributed by atoms with Gasteiger partial charge in [-0.2, -0.15) is 0 Å². The Labute approximate surface area is 651 Å². The second kappa shape index (κ2) is 81.1. The number of esters is 4. The lowest BCUT2D eigenvalue weighted by molar-refractivity contribution is -0.161. The average molecular weight is 1550 g/mol. The van der Waals surface area contributed by atoms with Crippen LogP contribution in [0.2, 0.25) is 0 Å². The SMILES string of the molecule is CCCCCCCCCCCCCCCCCCCCCCCC(=O)O[C@H](COC(=O)CCCCCCCCCCCCCCCCCCCC)COP(=O)(O)OC[C@@H](O)COP(=O)(O)OC[C@@H](COC(=O)CCCCCCCCCCCCC)OC(=O)CCCCCCCCCCCCCCCCCC. The van der Waals surface area contributed by atoms with Crippen LogP contribution in [0.15, 0.2) is 0 Å². The molecule has 0 aliphatic carbocycles. The quantitative estimate of drug-likeness (QED) is 0.0222. The largest absolute Gasteiger partial charge is 0.472 e. The summed E-state index contributed by atoms with van der Waals surface area (Å²) in [7, 11) is -9.93. The number of aliphatic hydroxyl groups is 1. The molecule has 0 aliphatic rings.